The molecule has 28 heavy (non-hydrogen) atoms. The monoisotopic (exact) mass is 377 g/mol. The molecule has 0 bridgehead atoms. The lowest BCUT2D eigenvalue weighted by molar-refractivity contribution is 0.0939. The van der Waals surface area contributed by atoms with Crippen molar-refractivity contribution < 1.29 is 14.3 Å². The molecular formula is C22H23N3O3. The Bertz CT molecular complexity index is 931. The van der Waals surface area contributed by atoms with Gasteiger partial charge in [0.05, 0.1) is 25.0 Å². The molecule has 1 heterocycles. The lowest BCUT2D eigenvalue weighted by Gasteiger charge is -2.10. The zero-order chi connectivity index (χ0) is 19.3. The first-order valence-corrected chi connectivity index (χ1v) is 9.45. The average molecular weight is 377 g/mol. The number of ether oxygens (including phenoxy) is 2. The summed E-state index contributed by atoms with van der Waals surface area (Å²) in [5.41, 5.74) is 2.43. The predicted molar refractivity (Wildman–Crippen MR) is 106 cm³/mol. The van der Waals surface area contributed by atoms with Crippen molar-refractivity contribution in [1.82, 2.24) is 15.1 Å². The fourth-order valence-corrected chi connectivity index (χ4v) is 3.00. The van der Waals surface area contributed by atoms with Crippen LogP contribution in [0.5, 0.6) is 11.5 Å². The zero-order valence-corrected chi connectivity index (χ0v) is 15.8. The third kappa shape index (κ3) is 4.17. The third-order valence-electron chi connectivity index (χ3n) is 4.67. The Morgan fingerprint density at radius 2 is 1.82 bits per heavy atom. The summed E-state index contributed by atoms with van der Waals surface area (Å²) in [5.74, 6) is 1.85. The second-order valence-corrected chi connectivity index (χ2v) is 6.76. The maximum atomic E-state index is 12.7. The average Bonchev–Trinajstić information content (AvgIpc) is 3.50. The molecule has 6 heteroatoms. The van der Waals surface area contributed by atoms with Crippen LogP contribution in [0.1, 0.15) is 34.9 Å². The molecule has 6 nitrogen and oxygen atoms in total. The number of para-hydroxylation sites is 1. The van der Waals surface area contributed by atoms with E-state index in [2.05, 4.69) is 10.4 Å². The Hall–Kier alpha value is -3.28. The first-order valence-electron chi connectivity index (χ1n) is 9.45. The van der Waals surface area contributed by atoms with E-state index in [0.29, 0.717) is 24.8 Å². The van der Waals surface area contributed by atoms with E-state index in [1.807, 2.05) is 60.7 Å². The molecule has 1 fully saturated rings. The van der Waals surface area contributed by atoms with Crippen LogP contribution in [-0.2, 0) is 0 Å². The maximum absolute atomic E-state index is 12.7. The number of carbonyl (C=O) groups is 1. The van der Waals surface area contributed by atoms with Crippen LogP contribution in [0.4, 0.5) is 0 Å². The van der Waals surface area contributed by atoms with Crippen LogP contribution in [0, 0.1) is 0 Å². The number of nitrogens with zero attached hydrogens (tertiary/aromatic N) is 2. The summed E-state index contributed by atoms with van der Waals surface area (Å²) in [5, 5.41) is 7.59. The number of hydrogen-bond acceptors (Lipinski definition) is 4. The summed E-state index contributed by atoms with van der Waals surface area (Å²) in [4.78, 5) is 12.7. The van der Waals surface area contributed by atoms with Crippen molar-refractivity contribution in [2.45, 2.75) is 18.8 Å². The summed E-state index contributed by atoms with van der Waals surface area (Å²) in [6.45, 7) is 0.788. The molecule has 0 saturated heterocycles. The summed E-state index contributed by atoms with van der Waals surface area (Å²) >= 11 is 0. The van der Waals surface area contributed by atoms with Crippen molar-refractivity contribution in [2.24, 2.45) is 0 Å². The second-order valence-electron chi connectivity index (χ2n) is 6.76. The van der Waals surface area contributed by atoms with Gasteiger partial charge in [-0.05, 0) is 55.3 Å². The smallest absolute Gasteiger partial charge is 0.270 e. The van der Waals surface area contributed by atoms with E-state index in [0.717, 1.165) is 35.7 Å². The Morgan fingerprint density at radius 1 is 1.11 bits per heavy atom. The first-order chi connectivity index (χ1) is 13.7. The minimum absolute atomic E-state index is 0.151. The number of methoxy groups -OCH3 is 1. The fourth-order valence-electron chi connectivity index (χ4n) is 3.00. The van der Waals surface area contributed by atoms with Gasteiger partial charge in [-0.2, -0.15) is 5.10 Å². The van der Waals surface area contributed by atoms with Crippen LogP contribution in [0.25, 0.3) is 5.69 Å². The summed E-state index contributed by atoms with van der Waals surface area (Å²) in [7, 11) is 1.63. The fraction of sp³-hybridized carbons (Fsp3) is 0.273. The van der Waals surface area contributed by atoms with Crippen molar-refractivity contribution in [3.05, 3.63) is 72.1 Å². The van der Waals surface area contributed by atoms with E-state index in [1.54, 1.807) is 11.8 Å². The third-order valence-corrected chi connectivity index (χ3v) is 4.67. The van der Waals surface area contributed by atoms with Crippen LogP contribution in [-0.4, -0.2) is 35.9 Å². The lowest BCUT2D eigenvalue weighted by Crippen LogP contribution is -2.29. The molecule has 1 aromatic heterocycles. The van der Waals surface area contributed by atoms with Gasteiger partial charge < -0.3 is 14.8 Å². The molecule has 4 rings (SSSR count). The first kappa shape index (κ1) is 18.1. The van der Waals surface area contributed by atoms with Crippen molar-refractivity contribution in [1.29, 1.82) is 0 Å². The molecule has 1 aliphatic rings. The number of amides is 1. The van der Waals surface area contributed by atoms with E-state index in [9.17, 15) is 4.79 Å². The van der Waals surface area contributed by atoms with Gasteiger partial charge in [0.25, 0.3) is 5.91 Å². The van der Waals surface area contributed by atoms with Crippen molar-refractivity contribution in [3.8, 4) is 17.2 Å². The highest BCUT2D eigenvalue weighted by molar-refractivity contribution is 5.93. The van der Waals surface area contributed by atoms with E-state index in [4.69, 9.17) is 9.47 Å². The van der Waals surface area contributed by atoms with Gasteiger partial charge >= 0.3 is 0 Å². The summed E-state index contributed by atoms with van der Waals surface area (Å²) < 4.78 is 12.5. The number of hydrogen-bond donors (Lipinski definition) is 1. The summed E-state index contributed by atoms with van der Waals surface area (Å²) in [6.07, 6.45) is 2.28. The van der Waals surface area contributed by atoms with Crippen LogP contribution in [0.15, 0.2) is 60.7 Å². The molecule has 0 unspecified atom stereocenters. The Kier molecular flexibility index (Phi) is 5.28. The van der Waals surface area contributed by atoms with Gasteiger partial charge in [0, 0.05) is 5.92 Å². The van der Waals surface area contributed by atoms with E-state index >= 15 is 0 Å². The standard InChI is InChI=1S/C22H23N3O3/c1-27-18-9-11-19(12-10-18)28-14-13-23-22(26)21-15-20(16-7-8-16)24-25(21)17-5-3-2-4-6-17/h2-6,9-12,15-16H,7-8,13-14H2,1H3,(H,23,26). The largest absolute Gasteiger partial charge is 0.497 e. The minimum atomic E-state index is -0.151. The van der Waals surface area contributed by atoms with Gasteiger partial charge in [0.15, 0.2) is 0 Å². The normalized spacial score (nSPS) is 13.2. The van der Waals surface area contributed by atoms with Gasteiger partial charge in [-0.1, -0.05) is 18.2 Å². The number of rotatable bonds is 8. The molecule has 1 saturated carbocycles. The van der Waals surface area contributed by atoms with Gasteiger partial charge in [-0.3, -0.25) is 4.79 Å². The van der Waals surface area contributed by atoms with Crippen molar-refractivity contribution in [3.63, 3.8) is 0 Å². The molecule has 144 valence electrons. The van der Waals surface area contributed by atoms with E-state index in [1.165, 1.54) is 0 Å². The highest BCUT2D eigenvalue weighted by Crippen LogP contribution is 2.39. The van der Waals surface area contributed by atoms with Crippen LogP contribution in [0.2, 0.25) is 0 Å². The van der Waals surface area contributed by atoms with Gasteiger partial charge in [-0.25, -0.2) is 4.68 Å². The molecule has 0 spiro atoms. The van der Waals surface area contributed by atoms with Gasteiger partial charge in [0.1, 0.15) is 23.8 Å². The van der Waals surface area contributed by atoms with Crippen molar-refractivity contribution >= 4 is 5.91 Å². The predicted octanol–water partition coefficient (Wildman–Crippen LogP) is 3.57. The van der Waals surface area contributed by atoms with Crippen LogP contribution in [0.3, 0.4) is 0 Å². The molecule has 2 aromatic carbocycles. The summed E-state index contributed by atoms with van der Waals surface area (Å²) in [6, 6.07) is 19.0. The number of aromatic nitrogens is 2. The second kappa shape index (κ2) is 8.17. The van der Waals surface area contributed by atoms with E-state index in [-0.39, 0.29) is 5.91 Å². The zero-order valence-electron chi connectivity index (χ0n) is 15.8. The SMILES string of the molecule is COc1ccc(OCCNC(=O)c2cc(C3CC3)nn2-c2ccccc2)cc1. The Morgan fingerprint density at radius 3 is 2.50 bits per heavy atom. The Labute approximate surface area is 164 Å². The van der Waals surface area contributed by atoms with E-state index < -0.39 is 0 Å². The van der Waals surface area contributed by atoms with Crippen LogP contribution < -0.4 is 14.8 Å². The topological polar surface area (TPSA) is 65.4 Å². The Balaban J connectivity index is 1.38. The molecule has 3 aromatic rings. The van der Waals surface area contributed by atoms with Crippen molar-refractivity contribution in [2.75, 3.05) is 20.3 Å². The van der Waals surface area contributed by atoms with Gasteiger partial charge in [0.2, 0.25) is 0 Å². The highest BCUT2D eigenvalue weighted by atomic mass is 16.5. The molecule has 0 atom stereocenters. The van der Waals surface area contributed by atoms with Gasteiger partial charge in [-0.15, -0.1) is 0 Å². The number of benzene rings is 2. The molecule has 1 N–H and O–H groups in total. The molecule has 1 aliphatic carbocycles. The molecule has 1 amide bonds. The van der Waals surface area contributed by atoms with Crippen LogP contribution >= 0.6 is 0 Å². The molecular weight excluding hydrogens is 354 g/mol. The minimum Gasteiger partial charge on any atom is -0.497 e. The number of nitrogens with one attached hydrogen (secondary N) is 1. The quantitative estimate of drug-likeness (QED) is 0.610. The highest BCUT2D eigenvalue weighted by Gasteiger charge is 2.28. The number of carbonyl (C=O) groups excluding carboxylic acids is 1. The molecule has 0 radical (unpaired) electrons. The molecule has 0 aliphatic heterocycles. The lowest BCUT2D eigenvalue weighted by atomic mass is 10.2. The maximum Gasteiger partial charge on any atom is 0.270 e.